The van der Waals surface area contributed by atoms with E-state index in [1.54, 1.807) is 0 Å². The van der Waals surface area contributed by atoms with Crippen LogP contribution in [0.5, 0.6) is 0 Å². The van der Waals surface area contributed by atoms with Gasteiger partial charge in [0.1, 0.15) is 0 Å². The highest BCUT2D eigenvalue weighted by Gasteiger charge is 2.04. The Morgan fingerprint density at radius 1 is 0.947 bits per heavy atom. The number of hydrogen-bond donors (Lipinski definition) is 0. The van der Waals surface area contributed by atoms with E-state index < -0.39 is 0 Å². The summed E-state index contributed by atoms with van der Waals surface area (Å²) in [7, 11) is 0. The first-order valence-corrected chi connectivity index (χ1v) is 7.73. The number of unbranched alkanes of at least 4 members (excludes halogenated alkanes) is 2. The molecule has 106 valence electrons. The molecule has 1 aromatic carbocycles. The van der Waals surface area contributed by atoms with Crippen molar-refractivity contribution in [1.82, 2.24) is 4.90 Å². The average Bonchev–Trinajstić information content (AvgIpc) is 2.47. The first-order chi connectivity index (χ1) is 9.30. The molecule has 0 aliphatic heterocycles. The van der Waals surface area contributed by atoms with Crippen molar-refractivity contribution >= 4 is 6.08 Å². The summed E-state index contributed by atoms with van der Waals surface area (Å²) < 4.78 is 0. The van der Waals surface area contributed by atoms with E-state index in [0.717, 1.165) is 6.42 Å². The Labute approximate surface area is 119 Å². The fraction of sp³-hybridized carbons (Fsp3) is 0.556. The molecule has 0 heterocycles. The Kier molecular flexibility index (Phi) is 8.24. The van der Waals surface area contributed by atoms with Crippen molar-refractivity contribution < 1.29 is 0 Å². The first kappa shape index (κ1) is 16.0. The number of benzene rings is 1. The van der Waals surface area contributed by atoms with E-state index in [1.807, 2.05) is 6.08 Å². The lowest BCUT2D eigenvalue weighted by Gasteiger charge is -2.21. The van der Waals surface area contributed by atoms with Crippen LogP contribution in [0.2, 0.25) is 0 Å². The Bertz CT molecular complexity index is 331. The Balaban J connectivity index is 2.41. The molecule has 0 atom stereocenters. The smallest absolute Gasteiger partial charge is 0.00218 e. The molecule has 1 heteroatoms. The summed E-state index contributed by atoms with van der Waals surface area (Å²) in [5.74, 6) is 0. The minimum atomic E-state index is 1.16. The van der Waals surface area contributed by atoms with Crippen LogP contribution in [0.15, 0.2) is 30.8 Å². The molecule has 0 unspecified atom stereocenters. The topological polar surface area (TPSA) is 3.24 Å². The van der Waals surface area contributed by atoms with E-state index in [2.05, 4.69) is 49.6 Å². The van der Waals surface area contributed by atoms with E-state index in [4.69, 9.17) is 0 Å². The molecule has 0 aliphatic carbocycles. The second kappa shape index (κ2) is 9.80. The lowest BCUT2D eigenvalue weighted by atomic mass is 10.1. The molecule has 0 amide bonds. The monoisotopic (exact) mass is 259 g/mol. The van der Waals surface area contributed by atoms with E-state index in [9.17, 15) is 0 Å². The quantitative estimate of drug-likeness (QED) is 0.585. The van der Waals surface area contributed by atoms with E-state index in [1.165, 1.54) is 56.4 Å². The van der Waals surface area contributed by atoms with Gasteiger partial charge in [0.25, 0.3) is 0 Å². The minimum absolute atomic E-state index is 1.16. The fourth-order valence-corrected chi connectivity index (χ4v) is 2.21. The highest BCUT2D eigenvalue weighted by atomic mass is 15.1. The fourth-order valence-electron chi connectivity index (χ4n) is 2.21. The summed E-state index contributed by atoms with van der Waals surface area (Å²) in [4.78, 5) is 2.62. The largest absolute Gasteiger partial charge is 0.303 e. The molecule has 1 rings (SSSR count). The van der Waals surface area contributed by atoms with Gasteiger partial charge >= 0.3 is 0 Å². The highest BCUT2D eigenvalue weighted by molar-refractivity contribution is 5.47. The van der Waals surface area contributed by atoms with Crippen LogP contribution in [0.3, 0.4) is 0 Å². The van der Waals surface area contributed by atoms with Crippen LogP contribution < -0.4 is 0 Å². The maximum absolute atomic E-state index is 3.79. The van der Waals surface area contributed by atoms with Crippen LogP contribution in [0.4, 0.5) is 0 Å². The molecular formula is C18H29N. The molecule has 1 aromatic rings. The minimum Gasteiger partial charge on any atom is -0.303 e. The predicted molar refractivity (Wildman–Crippen MR) is 86.5 cm³/mol. The van der Waals surface area contributed by atoms with Crippen molar-refractivity contribution in [2.24, 2.45) is 0 Å². The molecular weight excluding hydrogens is 230 g/mol. The summed E-state index contributed by atoms with van der Waals surface area (Å²) in [5, 5.41) is 0. The second-order valence-electron chi connectivity index (χ2n) is 5.24. The molecule has 0 saturated carbocycles. The van der Waals surface area contributed by atoms with Crippen LogP contribution in [-0.2, 0) is 6.42 Å². The van der Waals surface area contributed by atoms with Crippen molar-refractivity contribution in [3.05, 3.63) is 42.0 Å². The van der Waals surface area contributed by atoms with Gasteiger partial charge in [0.2, 0.25) is 0 Å². The van der Waals surface area contributed by atoms with Gasteiger partial charge in [-0.25, -0.2) is 0 Å². The third-order valence-corrected chi connectivity index (χ3v) is 3.59. The molecule has 0 aromatic heterocycles. The van der Waals surface area contributed by atoms with Crippen molar-refractivity contribution in [2.45, 2.75) is 46.0 Å². The predicted octanol–water partition coefficient (Wildman–Crippen LogP) is 4.77. The second-order valence-corrected chi connectivity index (χ2v) is 5.24. The summed E-state index contributed by atoms with van der Waals surface area (Å²) in [6.45, 7) is 12.0. The number of hydrogen-bond acceptors (Lipinski definition) is 1. The van der Waals surface area contributed by atoms with Crippen molar-refractivity contribution in [3.8, 4) is 0 Å². The molecule has 0 bridgehead atoms. The lowest BCUT2D eigenvalue weighted by molar-refractivity contribution is 0.268. The molecule has 19 heavy (non-hydrogen) atoms. The van der Waals surface area contributed by atoms with Gasteiger partial charge in [0, 0.05) is 6.54 Å². The standard InChI is InChI=1S/C18H29N/c1-4-7-14-19(15-8-5-2)16-13-18-11-9-17(6-3)10-12-18/h6,9-12H,3-5,7-8,13-16H2,1-2H3. The van der Waals surface area contributed by atoms with Gasteiger partial charge in [-0.1, -0.05) is 63.6 Å². The summed E-state index contributed by atoms with van der Waals surface area (Å²) in [6, 6.07) is 8.78. The molecule has 0 radical (unpaired) electrons. The van der Waals surface area contributed by atoms with Gasteiger partial charge in [-0.2, -0.15) is 0 Å². The summed E-state index contributed by atoms with van der Waals surface area (Å²) in [5.41, 5.74) is 2.64. The van der Waals surface area contributed by atoms with Gasteiger partial charge in [0.05, 0.1) is 0 Å². The average molecular weight is 259 g/mol. The molecule has 0 fully saturated rings. The molecule has 0 saturated heterocycles. The van der Waals surface area contributed by atoms with Crippen LogP contribution >= 0.6 is 0 Å². The zero-order valence-corrected chi connectivity index (χ0v) is 12.7. The van der Waals surface area contributed by atoms with Crippen LogP contribution in [0.1, 0.15) is 50.7 Å². The SMILES string of the molecule is C=Cc1ccc(CCN(CCCC)CCCC)cc1. The zero-order valence-electron chi connectivity index (χ0n) is 12.7. The first-order valence-electron chi connectivity index (χ1n) is 7.73. The van der Waals surface area contributed by atoms with Gasteiger partial charge in [-0.05, 0) is 43.5 Å². The normalized spacial score (nSPS) is 10.9. The third kappa shape index (κ3) is 6.58. The van der Waals surface area contributed by atoms with Crippen molar-refractivity contribution in [1.29, 1.82) is 0 Å². The van der Waals surface area contributed by atoms with Gasteiger partial charge < -0.3 is 4.90 Å². The van der Waals surface area contributed by atoms with E-state index >= 15 is 0 Å². The maximum Gasteiger partial charge on any atom is 0.00218 e. The molecule has 0 aliphatic rings. The van der Waals surface area contributed by atoms with Gasteiger partial charge in [-0.15, -0.1) is 0 Å². The third-order valence-electron chi connectivity index (χ3n) is 3.59. The van der Waals surface area contributed by atoms with Crippen LogP contribution in [-0.4, -0.2) is 24.5 Å². The molecule has 0 N–H and O–H groups in total. The Hall–Kier alpha value is -1.08. The van der Waals surface area contributed by atoms with Crippen LogP contribution in [0, 0.1) is 0 Å². The summed E-state index contributed by atoms with van der Waals surface area (Å²) in [6.07, 6.45) is 8.27. The maximum atomic E-state index is 3.79. The van der Waals surface area contributed by atoms with E-state index in [-0.39, 0.29) is 0 Å². The highest BCUT2D eigenvalue weighted by Crippen LogP contribution is 2.08. The zero-order chi connectivity index (χ0) is 13.9. The summed E-state index contributed by atoms with van der Waals surface area (Å²) >= 11 is 0. The number of nitrogens with zero attached hydrogens (tertiary/aromatic N) is 1. The lowest BCUT2D eigenvalue weighted by Crippen LogP contribution is -2.28. The van der Waals surface area contributed by atoms with Crippen molar-refractivity contribution in [2.75, 3.05) is 19.6 Å². The van der Waals surface area contributed by atoms with E-state index in [0.29, 0.717) is 0 Å². The van der Waals surface area contributed by atoms with Gasteiger partial charge in [-0.3, -0.25) is 0 Å². The van der Waals surface area contributed by atoms with Crippen LogP contribution in [0.25, 0.3) is 6.08 Å². The van der Waals surface area contributed by atoms with Gasteiger partial charge in [0.15, 0.2) is 0 Å². The number of rotatable bonds is 10. The Morgan fingerprint density at radius 3 is 2.00 bits per heavy atom. The molecule has 1 nitrogen and oxygen atoms in total. The van der Waals surface area contributed by atoms with Crippen molar-refractivity contribution in [3.63, 3.8) is 0 Å². The molecule has 0 spiro atoms. The Morgan fingerprint density at radius 2 is 1.53 bits per heavy atom.